The third-order valence-corrected chi connectivity index (χ3v) is 3.47. The zero-order chi connectivity index (χ0) is 15.5. The Balaban J connectivity index is 2.02. The lowest BCUT2D eigenvalue weighted by Crippen LogP contribution is -2.09. The summed E-state index contributed by atoms with van der Waals surface area (Å²) in [4.78, 5) is 15.0. The molecule has 4 nitrogen and oxygen atoms in total. The van der Waals surface area contributed by atoms with E-state index in [2.05, 4.69) is 16.4 Å². The first-order chi connectivity index (χ1) is 10.7. The number of aryl methyl sites for hydroxylation is 1. The van der Waals surface area contributed by atoms with Crippen molar-refractivity contribution in [3.8, 4) is 0 Å². The van der Waals surface area contributed by atoms with Gasteiger partial charge in [-0.3, -0.25) is 0 Å². The molecular weight excluding hydrogens is 276 g/mol. The Hall–Kier alpha value is -2.88. The molecule has 3 rings (SSSR count). The number of esters is 1. The first-order valence-electron chi connectivity index (χ1n) is 7.04. The highest BCUT2D eigenvalue weighted by atomic mass is 16.5. The highest BCUT2D eigenvalue weighted by Gasteiger charge is 2.10. The maximum Gasteiger partial charge on any atom is 0.337 e. The summed E-state index contributed by atoms with van der Waals surface area (Å²) >= 11 is 0. The van der Waals surface area contributed by atoms with Crippen LogP contribution in [0.4, 0.5) is 11.4 Å². The van der Waals surface area contributed by atoms with Gasteiger partial charge in [-0.05, 0) is 24.3 Å². The maximum absolute atomic E-state index is 11.6. The number of anilines is 2. The number of H-pyrrole nitrogens is 1. The quantitative estimate of drug-likeness (QED) is 0.752. The van der Waals surface area contributed by atoms with Gasteiger partial charge in [0.15, 0.2) is 5.69 Å². The van der Waals surface area contributed by atoms with Crippen molar-refractivity contribution < 1.29 is 14.5 Å². The molecule has 0 fully saturated rings. The normalized spacial score (nSPS) is 10.5. The minimum atomic E-state index is -0.342. The number of rotatable bonds is 3. The van der Waals surface area contributed by atoms with Crippen molar-refractivity contribution in [3.05, 3.63) is 65.9 Å². The van der Waals surface area contributed by atoms with Crippen molar-refractivity contribution in [3.63, 3.8) is 0 Å². The second-order valence-corrected chi connectivity index (χ2v) is 5.11. The van der Waals surface area contributed by atoms with E-state index >= 15 is 0 Å². The van der Waals surface area contributed by atoms with Gasteiger partial charge < -0.3 is 10.1 Å². The lowest BCUT2D eigenvalue weighted by atomic mass is 10.1. The predicted octanol–water partition coefficient (Wildman–Crippen LogP) is 3.49. The molecule has 4 heteroatoms. The molecule has 0 radical (unpaired) electrons. The second kappa shape index (κ2) is 5.85. The van der Waals surface area contributed by atoms with E-state index in [4.69, 9.17) is 4.74 Å². The number of aromatic nitrogens is 1. The Morgan fingerprint density at radius 3 is 2.73 bits per heavy atom. The Bertz CT molecular complexity index is 843. The second-order valence-electron chi connectivity index (χ2n) is 5.11. The van der Waals surface area contributed by atoms with Gasteiger partial charge in [-0.2, -0.15) is 0 Å². The molecule has 0 saturated heterocycles. The summed E-state index contributed by atoms with van der Waals surface area (Å²) in [5.74, 6) is -0.342. The van der Waals surface area contributed by atoms with E-state index in [-0.39, 0.29) is 5.97 Å². The molecule has 22 heavy (non-hydrogen) atoms. The number of methoxy groups -OCH3 is 1. The number of carbonyl (C=O) groups excluding carboxylic acids is 1. The summed E-state index contributed by atoms with van der Waals surface area (Å²) in [6, 6.07) is 17.4. The van der Waals surface area contributed by atoms with E-state index in [9.17, 15) is 4.79 Å². The summed E-state index contributed by atoms with van der Waals surface area (Å²) in [6.45, 7) is 2.02. The minimum Gasteiger partial charge on any atom is -0.465 e. The molecule has 0 atom stereocenters. The van der Waals surface area contributed by atoms with Crippen molar-refractivity contribution >= 4 is 28.2 Å². The summed E-state index contributed by atoms with van der Waals surface area (Å²) in [6.07, 6.45) is 0. The van der Waals surface area contributed by atoms with Gasteiger partial charge in [-0.1, -0.05) is 18.2 Å². The summed E-state index contributed by atoms with van der Waals surface area (Å²) in [7, 11) is 1.38. The van der Waals surface area contributed by atoms with Gasteiger partial charge in [0.1, 0.15) is 0 Å². The number of carbonyl (C=O) groups is 1. The van der Waals surface area contributed by atoms with E-state index in [0.717, 1.165) is 28.0 Å². The van der Waals surface area contributed by atoms with Crippen molar-refractivity contribution in [1.82, 2.24) is 0 Å². The van der Waals surface area contributed by atoms with Gasteiger partial charge >= 0.3 is 5.97 Å². The molecule has 0 saturated carbocycles. The van der Waals surface area contributed by atoms with E-state index in [1.165, 1.54) is 7.11 Å². The highest BCUT2D eigenvalue weighted by Crippen LogP contribution is 2.25. The van der Waals surface area contributed by atoms with Gasteiger partial charge in [-0.15, -0.1) is 0 Å². The number of nitrogens with one attached hydrogen (secondary N) is 2. The fourth-order valence-electron chi connectivity index (χ4n) is 2.47. The Labute approximate surface area is 128 Å². The van der Waals surface area contributed by atoms with Gasteiger partial charge in [0.05, 0.1) is 23.7 Å². The zero-order valence-electron chi connectivity index (χ0n) is 12.5. The molecular formula is C18H17N2O2+. The molecule has 0 aliphatic rings. The molecule has 110 valence electrons. The third kappa shape index (κ3) is 2.76. The van der Waals surface area contributed by atoms with Crippen LogP contribution >= 0.6 is 0 Å². The summed E-state index contributed by atoms with van der Waals surface area (Å²) < 4.78 is 4.76. The Kier molecular flexibility index (Phi) is 3.74. The average molecular weight is 293 g/mol. The van der Waals surface area contributed by atoms with E-state index in [1.54, 1.807) is 12.1 Å². The largest absolute Gasteiger partial charge is 0.465 e. The molecule has 0 unspecified atom stereocenters. The van der Waals surface area contributed by atoms with Crippen molar-refractivity contribution in [2.24, 2.45) is 0 Å². The topological polar surface area (TPSA) is 52.5 Å². The van der Waals surface area contributed by atoms with Crippen LogP contribution in [0, 0.1) is 6.92 Å². The van der Waals surface area contributed by atoms with E-state index in [1.807, 2.05) is 43.3 Å². The van der Waals surface area contributed by atoms with Crippen molar-refractivity contribution in [2.45, 2.75) is 6.92 Å². The number of hydrogen-bond acceptors (Lipinski definition) is 3. The predicted molar refractivity (Wildman–Crippen MR) is 86.3 cm³/mol. The fourth-order valence-corrected chi connectivity index (χ4v) is 2.47. The SMILES string of the molecule is COC(=O)c1cccc(Nc2cc(C)[nH+]c3ccccc23)c1. The molecule has 2 aromatic carbocycles. The third-order valence-electron chi connectivity index (χ3n) is 3.47. The molecule has 0 amide bonds. The lowest BCUT2D eigenvalue weighted by molar-refractivity contribution is -0.354. The molecule has 2 N–H and O–H groups in total. The minimum absolute atomic E-state index is 0.342. The van der Waals surface area contributed by atoms with E-state index < -0.39 is 0 Å². The van der Waals surface area contributed by atoms with Crippen LogP contribution < -0.4 is 10.3 Å². The van der Waals surface area contributed by atoms with Crippen LogP contribution in [0.25, 0.3) is 10.9 Å². The van der Waals surface area contributed by atoms with Crippen LogP contribution in [0.3, 0.4) is 0 Å². The number of para-hydroxylation sites is 1. The fraction of sp³-hybridized carbons (Fsp3) is 0.111. The Morgan fingerprint density at radius 1 is 1.09 bits per heavy atom. The number of fused-ring (bicyclic) bond motifs is 1. The van der Waals surface area contributed by atoms with Crippen LogP contribution in [0.2, 0.25) is 0 Å². The number of hydrogen-bond donors (Lipinski definition) is 1. The molecule has 1 heterocycles. The summed E-state index contributed by atoms with van der Waals surface area (Å²) in [5.41, 5.74) is 4.49. The van der Waals surface area contributed by atoms with Gasteiger partial charge in [0.2, 0.25) is 5.52 Å². The number of benzene rings is 2. The standard InChI is InChI=1S/C18H16N2O2/c1-12-10-17(15-8-3-4-9-16(15)19-12)20-14-7-5-6-13(11-14)18(21)22-2/h3-11H,1-2H3,(H,19,20)/p+1. The smallest absolute Gasteiger partial charge is 0.337 e. The van der Waals surface area contributed by atoms with Gasteiger partial charge in [0, 0.05) is 24.7 Å². The van der Waals surface area contributed by atoms with Crippen LogP contribution in [0.5, 0.6) is 0 Å². The first-order valence-corrected chi connectivity index (χ1v) is 7.04. The lowest BCUT2D eigenvalue weighted by Gasteiger charge is -2.09. The monoisotopic (exact) mass is 293 g/mol. The van der Waals surface area contributed by atoms with Crippen LogP contribution in [-0.2, 0) is 4.74 Å². The molecule has 3 aromatic rings. The molecule has 1 aromatic heterocycles. The van der Waals surface area contributed by atoms with Crippen molar-refractivity contribution in [1.29, 1.82) is 0 Å². The van der Waals surface area contributed by atoms with Crippen LogP contribution in [0.15, 0.2) is 54.6 Å². The van der Waals surface area contributed by atoms with E-state index in [0.29, 0.717) is 5.56 Å². The highest BCUT2D eigenvalue weighted by molar-refractivity contribution is 5.93. The van der Waals surface area contributed by atoms with Crippen LogP contribution in [-0.4, -0.2) is 13.1 Å². The average Bonchev–Trinajstić information content (AvgIpc) is 2.54. The van der Waals surface area contributed by atoms with Crippen molar-refractivity contribution in [2.75, 3.05) is 12.4 Å². The molecule has 0 spiro atoms. The van der Waals surface area contributed by atoms with Gasteiger partial charge in [0.25, 0.3) is 0 Å². The molecule has 0 aliphatic heterocycles. The zero-order valence-corrected chi connectivity index (χ0v) is 12.5. The molecule has 0 bridgehead atoms. The number of ether oxygens (including phenoxy) is 1. The van der Waals surface area contributed by atoms with Crippen LogP contribution in [0.1, 0.15) is 16.1 Å². The number of aromatic amines is 1. The Morgan fingerprint density at radius 2 is 1.91 bits per heavy atom. The van der Waals surface area contributed by atoms with Gasteiger partial charge in [-0.25, -0.2) is 9.78 Å². The number of pyridine rings is 1. The first kappa shape index (κ1) is 14.1. The summed E-state index contributed by atoms with van der Waals surface area (Å²) in [5, 5.41) is 4.47. The molecule has 0 aliphatic carbocycles. The maximum atomic E-state index is 11.6.